The number of carbonyl (C=O) groups excluding carboxylic acids is 1. The van der Waals surface area contributed by atoms with Gasteiger partial charge in [0, 0.05) is 20.1 Å². The van der Waals surface area contributed by atoms with Crippen LogP contribution in [0.1, 0.15) is 12.8 Å². The van der Waals surface area contributed by atoms with E-state index in [-0.39, 0.29) is 5.91 Å². The summed E-state index contributed by atoms with van der Waals surface area (Å²) in [5.74, 6) is -0.354. The van der Waals surface area contributed by atoms with Crippen molar-refractivity contribution in [3.05, 3.63) is 0 Å². The second kappa shape index (κ2) is 4.25. The van der Waals surface area contributed by atoms with E-state index in [1.54, 1.807) is 0 Å². The molecule has 14 heavy (non-hydrogen) atoms. The third-order valence-electron chi connectivity index (χ3n) is 2.77. The molecule has 0 aliphatic carbocycles. The minimum atomic E-state index is -1.24. The van der Waals surface area contributed by atoms with Crippen molar-refractivity contribution in [2.24, 2.45) is 0 Å². The summed E-state index contributed by atoms with van der Waals surface area (Å²) in [4.78, 5) is 18.5. The first-order chi connectivity index (χ1) is 6.49. The van der Waals surface area contributed by atoms with Gasteiger partial charge >= 0.3 is 0 Å². The van der Waals surface area contributed by atoms with E-state index in [0.29, 0.717) is 12.8 Å². The number of hydroxylamine groups is 2. The largest absolute Gasteiger partial charge is 0.380 e. The predicted octanol–water partition coefficient (Wildman–Crippen LogP) is -0.537. The number of carbonyl (C=O) groups is 1. The highest BCUT2D eigenvalue weighted by Crippen LogP contribution is 2.23. The molecule has 1 saturated heterocycles. The number of likely N-dealkylation sites (tertiary alicyclic amines) is 1. The van der Waals surface area contributed by atoms with Crippen molar-refractivity contribution < 1.29 is 14.7 Å². The fraction of sp³-hybridized carbons (Fsp3) is 0.889. The van der Waals surface area contributed by atoms with Crippen LogP contribution in [-0.2, 0) is 9.63 Å². The summed E-state index contributed by atoms with van der Waals surface area (Å²) in [5.41, 5.74) is -1.24. The second-order valence-electron chi connectivity index (χ2n) is 3.82. The number of aliphatic hydroxyl groups is 1. The van der Waals surface area contributed by atoms with Crippen LogP contribution in [0.2, 0.25) is 0 Å². The average molecular weight is 202 g/mol. The van der Waals surface area contributed by atoms with Gasteiger partial charge in [-0.3, -0.25) is 9.63 Å². The molecule has 0 aromatic carbocycles. The summed E-state index contributed by atoms with van der Waals surface area (Å²) in [6.45, 7) is 1.47. The molecule has 0 saturated carbocycles. The number of rotatable bonds is 2. The lowest BCUT2D eigenvalue weighted by atomic mass is 9.91. The normalized spacial score (nSPS) is 22.0. The average Bonchev–Trinajstić information content (AvgIpc) is 2.20. The molecule has 1 fully saturated rings. The molecule has 1 rings (SSSR count). The van der Waals surface area contributed by atoms with Crippen molar-refractivity contribution in [3.8, 4) is 0 Å². The summed E-state index contributed by atoms with van der Waals surface area (Å²) in [5, 5.41) is 11.1. The molecule has 0 atom stereocenters. The maximum absolute atomic E-state index is 11.7. The van der Waals surface area contributed by atoms with Crippen LogP contribution < -0.4 is 0 Å². The van der Waals surface area contributed by atoms with Crippen LogP contribution in [0.25, 0.3) is 0 Å². The molecule has 5 heteroatoms. The van der Waals surface area contributed by atoms with E-state index >= 15 is 0 Å². The first kappa shape index (κ1) is 11.4. The molecule has 0 unspecified atom stereocenters. The van der Waals surface area contributed by atoms with E-state index in [1.165, 1.54) is 14.2 Å². The number of amides is 1. The topological polar surface area (TPSA) is 53.0 Å². The van der Waals surface area contributed by atoms with Crippen molar-refractivity contribution in [2.45, 2.75) is 18.4 Å². The third-order valence-corrected chi connectivity index (χ3v) is 2.77. The number of likely N-dealkylation sites (N-methyl/N-ethyl adjacent to an activating group) is 1. The molecule has 0 spiro atoms. The summed E-state index contributed by atoms with van der Waals surface area (Å²) in [7, 11) is 4.90. The van der Waals surface area contributed by atoms with E-state index in [1.807, 2.05) is 7.05 Å². The van der Waals surface area contributed by atoms with Crippen LogP contribution in [0.4, 0.5) is 0 Å². The Labute approximate surface area is 84.2 Å². The highest BCUT2D eigenvalue weighted by Gasteiger charge is 2.40. The lowest BCUT2D eigenvalue weighted by Crippen LogP contribution is -2.53. The molecule has 0 bridgehead atoms. The summed E-state index contributed by atoms with van der Waals surface area (Å²) in [6.07, 6.45) is 0.937. The SMILES string of the molecule is CON(C)C(=O)C1(O)CCN(C)CC1. The standard InChI is InChI=1S/C9H18N2O3/c1-10-6-4-9(13,5-7-10)8(12)11(2)14-3/h13H,4-7H2,1-3H3. The van der Waals surface area contributed by atoms with E-state index in [0.717, 1.165) is 18.2 Å². The molecule has 0 radical (unpaired) electrons. The quantitative estimate of drug-likeness (QED) is 0.611. The van der Waals surface area contributed by atoms with Crippen molar-refractivity contribution in [3.63, 3.8) is 0 Å². The molecule has 0 aromatic rings. The van der Waals surface area contributed by atoms with Gasteiger partial charge in [-0.1, -0.05) is 0 Å². The Kier molecular flexibility index (Phi) is 3.47. The van der Waals surface area contributed by atoms with E-state index in [9.17, 15) is 9.90 Å². The first-order valence-electron chi connectivity index (χ1n) is 4.73. The zero-order valence-electron chi connectivity index (χ0n) is 8.99. The van der Waals surface area contributed by atoms with Gasteiger partial charge in [-0.2, -0.15) is 0 Å². The molecule has 82 valence electrons. The molecular formula is C9H18N2O3. The predicted molar refractivity (Wildman–Crippen MR) is 51.5 cm³/mol. The molecule has 1 heterocycles. The number of piperidine rings is 1. The molecule has 1 aliphatic rings. The Morgan fingerprint density at radius 2 is 2.00 bits per heavy atom. The Bertz CT molecular complexity index is 212. The van der Waals surface area contributed by atoms with Crippen LogP contribution in [0.5, 0.6) is 0 Å². The fourth-order valence-electron chi connectivity index (χ4n) is 1.58. The van der Waals surface area contributed by atoms with Gasteiger partial charge in [0.2, 0.25) is 0 Å². The molecule has 5 nitrogen and oxygen atoms in total. The van der Waals surface area contributed by atoms with Crippen LogP contribution in [0, 0.1) is 0 Å². The lowest BCUT2D eigenvalue weighted by molar-refractivity contribution is -0.192. The van der Waals surface area contributed by atoms with Gasteiger partial charge in [-0.25, -0.2) is 5.06 Å². The number of nitrogens with zero attached hydrogens (tertiary/aromatic N) is 2. The maximum Gasteiger partial charge on any atom is 0.277 e. The van der Waals surface area contributed by atoms with Crippen molar-refractivity contribution in [1.82, 2.24) is 9.96 Å². The minimum Gasteiger partial charge on any atom is -0.380 e. The molecular weight excluding hydrogens is 184 g/mol. The molecule has 1 N–H and O–H groups in total. The summed E-state index contributed by atoms with van der Waals surface area (Å²) in [6, 6.07) is 0. The first-order valence-corrected chi connectivity index (χ1v) is 4.73. The molecule has 0 aromatic heterocycles. The van der Waals surface area contributed by atoms with E-state index in [2.05, 4.69) is 4.90 Å². The Hall–Kier alpha value is -0.650. The Morgan fingerprint density at radius 1 is 1.50 bits per heavy atom. The Balaban J connectivity index is 2.61. The van der Waals surface area contributed by atoms with Gasteiger partial charge < -0.3 is 10.0 Å². The van der Waals surface area contributed by atoms with Gasteiger partial charge in [0.25, 0.3) is 5.91 Å². The van der Waals surface area contributed by atoms with Crippen LogP contribution in [-0.4, -0.2) is 60.9 Å². The summed E-state index contributed by atoms with van der Waals surface area (Å²) >= 11 is 0. The van der Waals surface area contributed by atoms with Crippen LogP contribution in [0.15, 0.2) is 0 Å². The van der Waals surface area contributed by atoms with Gasteiger partial charge in [-0.05, 0) is 19.9 Å². The Morgan fingerprint density at radius 3 is 2.43 bits per heavy atom. The molecule has 1 aliphatic heterocycles. The maximum atomic E-state index is 11.7. The second-order valence-corrected chi connectivity index (χ2v) is 3.82. The zero-order chi connectivity index (χ0) is 10.8. The van der Waals surface area contributed by atoms with Crippen molar-refractivity contribution in [1.29, 1.82) is 0 Å². The van der Waals surface area contributed by atoms with Gasteiger partial charge in [0.15, 0.2) is 0 Å². The summed E-state index contributed by atoms with van der Waals surface area (Å²) < 4.78 is 0. The van der Waals surface area contributed by atoms with Crippen LogP contribution in [0.3, 0.4) is 0 Å². The van der Waals surface area contributed by atoms with Crippen molar-refractivity contribution in [2.75, 3.05) is 34.3 Å². The smallest absolute Gasteiger partial charge is 0.277 e. The monoisotopic (exact) mass is 202 g/mol. The minimum absolute atomic E-state index is 0.354. The fourth-order valence-corrected chi connectivity index (χ4v) is 1.58. The highest BCUT2D eigenvalue weighted by molar-refractivity contribution is 5.84. The number of hydrogen-bond acceptors (Lipinski definition) is 4. The van der Waals surface area contributed by atoms with Gasteiger partial charge in [-0.15, -0.1) is 0 Å². The zero-order valence-corrected chi connectivity index (χ0v) is 8.99. The number of hydrogen-bond donors (Lipinski definition) is 1. The highest BCUT2D eigenvalue weighted by atomic mass is 16.7. The van der Waals surface area contributed by atoms with Gasteiger partial charge in [0.05, 0.1) is 7.11 Å². The van der Waals surface area contributed by atoms with E-state index < -0.39 is 5.60 Å². The van der Waals surface area contributed by atoms with E-state index in [4.69, 9.17) is 4.84 Å². The van der Waals surface area contributed by atoms with Crippen LogP contribution >= 0.6 is 0 Å². The van der Waals surface area contributed by atoms with Crippen molar-refractivity contribution >= 4 is 5.91 Å². The van der Waals surface area contributed by atoms with Gasteiger partial charge in [0.1, 0.15) is 5.60 Å². The lowest BCUT2D eigenvalue weighted by Gasteiger charge is -2.36. The molecule has 1 amide bonds. The third kappa shape index (κ3) is 2.23.